The Bertz CT molecular complexity index is 412. The lowest BCUT2D eigenvalue weighted by molar-refractivity contribution is 0.599. The van der Waals surface area contributed by atoms with Crippen molar-refractivity contribution >= 4 is 21.6 Å². The maximum Gasteiger partial charge on any atom is 0.146 e. The Hall–Kier alpha value is -1.08. The summed E-state index contributed by atoms with van der Waals surface area (Å²) in [6.45, 7) is 4.54. The first-order chi connectivity index (χ1) is 8.10. The lowest BCUT2D eigenvalue weighted by Gasteiger charge is -2.28. The van der Waals surface area contributed by atoms with Crippen molar-refractivity contribution in [3.8, 4) is 6.07 Å². The van der Waals surface area contributed by atoms with E-state index in [9.17, 15) is 4.39 Å². The fraction of sp³-hybridized carbons (Fsp3) is 0.462. The highest BCUT2D eigenvalue weighted by Crippen LogP contribution is 2.23. The first-order valence-electron chi connectivity index (χ1n) is 5.58. The maximum absolute atomic E-state index is 13.9. The first-order valence-corrected chi connectivity index (χ1v) is 6.70. The molecule has 92 valence electrons. The van der Waals surface area contributed by atoms with Gasteiger partial charge in [0, 0.05) is 17.9 Å². The molecule has 17 heavy (non-hydrogen) atoms. The van der Waals surface area contributed by atoms with Crippen LogP contribution in [-0.2, 0) is 5.33 Å². The van der Waals surface area contributed by atoms with E-state index in [-0.39, 0.29) is 11.9 Å². The van der Waals surface area contributed by atoms with Gasteiger partial charge in [0.2, 0.25) is 0 Å². The summed E-state index contributed by atoms with van der Waals surface area (Å²) in [7, 11) is 0. The monoisotopic (exact) mass is 298 g/mol. The molecule has 1 aromatic rings. The minimum absolute atomic E-state index is 0.174. The van der Waals surface area contributed by atoms with Crippen molar-refractivity contribution in [2.75, 3.05) is 11.4 Å². The fourth-order valence-corrected chi connectivity index (χ4v) is 2.04. The largest absolute Gasteiger partial charge is 0.366 e. The van der Waals surface area contributed by atoms with E-state index in [4.69, 9.17) is 5.26 Å². The molecule has 0 amide bonds. The number of nitrogens with zero attached hydrogens (tertiary/aromatic N) is 2. The molecule has 0 saturated carbocycles. The molecule has 0 radical (unpaired) electrons. The van der Waals surface area contributed by atoms with Crippen molar-refractivity contribution in [1.82, 2.24) is 0 Å². The molecule has 0 spiro atoms. The predicted molar refractivity (Wildman–Crippen MR) is 71.7 cm³/mol. The molecule has 0 aromatic heterocycles. The third-order valence-electron chi connectivity index (χ3n) is 2.56. The Labute approximate surface area is 110 Å². The summed E-state index contributed by atoms with van der Waals surface area (Å²) in [6, 6.07) is 7.48. The lowest BCUT2D eigenvalue weighted by Crippen LogP contribution is -2.32. The number of anilines is 1. The molecule has 1 aromatic carbocycles. The highest BCUT2D eigenvalue weighted by molar-refractivity contribution is 9.08. The van der Waals surface area contributed by atoms with Gasteiger partial charge in [-0.1, -0.05) is 22.0 Å². The molecular weight excluding hydrogens is 283 g/mol. The van der Waals surface area contributed by atoms with Crippen LogP contribution in [0.4, 0.5) is 10.1 Å². The SMILES string of the molecule is CC(C)N(CCC#N)c1ccc(CBr)cc1F. The van der Waals surface area contributed by atoms with Crippen LogP contribution >= 0.6 is 15.9 Å². The van der Waals surface area contributed by atoms with Gasteiger partial charge in [0.15, 0.2) is 0 Å². The summed E-state index contributed by atoms with van der Waals surface area (Å²) >= 11 is 3.30. The Morgan fingerprint density at radius 1 is 1.47 bits per heavy atom. The van der Waals surface area contributed by atoms with Gasteiger partial charge in [-0.15, -0.1) is 0 Å². The fourth-order valence-electron chi connectivity index (χ4n) is 1.69. The topological polar surface area (TPSA) is 27.0 Å². The number of rotatable bonds is 5. The van der Waals surface area contributed by atoms with Crippen LogP contribution < -0.4 is 4.90 Å². The first kappa shape index (κ1) is 14.0. The van der Waals surface area contributed by atoms with Crippen molar-refractivity contribution in [2.45, 2.75) is 31.6 Å². The van der Waals surface area contributed by atoms with Gasteiger partial charge in [-0.25, -0.2) is 4.39 Å². The molecule has 4 heteroatoms. The number of alkyl halides is 1. The van der Waals surface area contributed by atoms with Gasteiger partial charge in [-0.05, 0) is 31.5 Å². The summed E-state index contributed by atoms with van der Waals surface area (Å²) < 4.78 is 13.9. The predicted octanol–water partition coefficient (Wildman–Crippen LogP) is 3.85. The van der Waals surface area contributed by atoms with E-state index in [1.54, 1.807) is 6.07 Å². The van der Waals surface area contributed by atoms with Crippen molar-refractivity contribution < 1.29 is 4.39 Å². The van der Waals surface area contributed by atoms with Gasteiger partial charge in [-0.3, -0.25) is 0 Å². The summed E-state index contributed by atoms with van der Waals surface area (Å²) in [6.07, 6.45) is 0.401. The molecule has 0 atom stereocenters. The van der Waals surface area contributed by atoms with Crippen LogP contribution in [0.25, 0.3) is 0 Å². The smallest absolute Gasteiger partial charge is 0.146 e. The summed E-state index contributed by atoms with van der Waals surface area (Å²) in [5, 5.41) is 9.26. The van der Waals surface area contributed by atoms with Gasteiger partial charge in [-0.2, -0.15) is 5.26 Å². The van der Waals surface area contributed by atoms with Crippen LogP contribution in [0.3, 0.4) is 0 Å². The van der Waals surface area contributed by atoms with Crippen LogP contribution in [0.2, 0.25) is 0 Å². The van der Waals surface area contributed by atoms with Crippen molar-refractivity contribution in [3.05, 3.63) is 29.6 Å². The van der Waals surface area contributed by atoms with Gasteiger partial charge in [0.05, 0.1) is 18.2 Å². The molecule has 0 N–H and O–H groups in total. The van der Waals surface area contributed by atoms with Crippen molar-refractivity contribution in [1.29, 1.82) is 5.26 Å². The Balaban J connectivity index is 2.98. The third-order valence-corrected chi connectivity index (χ3v) is 3.21. The molecule has 0 aliphatic rings. The molecule has 1 rings (SSSR count). The maximum atomic E-state index is 13.9. The minimum atomic E-state index is -0.228. The Kier molecular flexibility index (Phi) is 5.43. The van der Waals surface area contributed by atoms with Crippen LogP contribution in [0.1, 0.15) is 25.8 Å². The van der Waals surface area contributed by atoms with E-state index in [1.165, 1.54) is 6.07 Å². The third kappa shape index (κ3) is 3.71. The number of hydrogen-bond donors (Lipinski definition) is 0. The van der Waals surface area contributed by atoms with Gasteiger partial charge in [0.1, 0.15) is 5.82 Å². The summed E-state index contributed by atoms with van der Waals surface area (Å²) in [4.78, 5) is 1.91. The van der Waals surface area contributed by atoms with Crippen molar-refractivity contribution in [2.24, 2.45) is 0 Å². The number of benzene rings is 1. The summed E-state index contributed by atoms with van der Waals surface area (Å²) in [5.74, 6) is -0.228. The zero-order chi connectivity index (χ0) is 12.8. The molecular formula is C13H16BrFN2. The highest BCUT2D eigenvalue weighted by Gasteiger charge is 2.14. The second kappa shape index (κ2) is 6.61. The number of hydrogen-bond acceptors (Lipinski definition) is 2. The zero-order valence-corrected chi connectivity index (χ0v) is 11.7. The second-order valence-electron chi connectivity index (χ2n) is 4.11. The zero-order valence-electron chi connectivity index (χ0n) is 10.1. The molecule has 2 nitrogen and oxygen atoms in total. The van der Waals surface area contributed by atoms with Crippen LogP contribution in [0.5, 0.6) is 0 Å². The molecule has 0 aliphatic heterocycles. The molecule has 0 saturated heterocycles. The van der Waals surface area contributed by atoms with E-state index >= 15 is 0 Å². The second-order valence-corrected chi connectivity index (χ2v) is 4.68. The van der Waals surface area contributed by atoms with Gasteiger partial charge >= 0.3 is 0 Å². The lowest BCUT2D eigenvalue weighted by atomic mass is 10.1. The van der Waals surface area contributed by atoms with Crippen molar-refractivity contribution in [3.63, 3.8) is 0 Å². The Morgan fingerprint density at radius 3 is 2.65 bits per heavy atom. The van der Waals surface area contributed by atoms with E-state index in [0.29, 0.717) is 24.0 Å². The van der Waals surface area contributed by atoms with E-state index in [0.717, 1.165) is 5.56 Å². The molecule has 0 unspecified atom stereocenters. The average molecular weight is 299 g/mol. The molecule has 0 heterocycles. The number of halogens is 2. The molecule has 0 bridgehead atoms. The highest BCUT2D eigenvalue weighted by atomic mass is 79.9. The van der Waals surface area contributed by atoms with Crippen LogP contribution in [-0.4, -0.2) is 12.6 Å². The van der Waals surface area contributed by atoms with Gasteiger partial charge in [0.25, 0.3) is 0 Å². The van der Waals surface area contributed by atoms with Crippen LogP contribution in [0.15, 0.2) is 18.2 Å². The average Bonchev–Trinajstić information content (AvgIpc) is 2.30. The normalized spacial score (nSPS) is 10.4. The van der Waals surface area contributed by atoms with E-state index in [1.807, 2.05) is 24.8 Å². The van der Waals surface area contributed by atoms with E-state index in [2.05, 4.69) is 22.0 Å². The summed E-state index contributed by atoms with van der Waals surface area (Å²) in [5.41, 5.74) is 1.48. The minimum Gasteiger partial charge on any atom is -0.366 e. The van der Waals surface area contributed by atoms with Gasteiger partial charge < -0.3 is 4.90 Å². The van der Waals surface area contributed by atoms with Crippen LogP contribution in [0, 0.1) is 17.1 Å². The molecule has 0 aliphatic carbocycles. The number of nitriles is 1. The van der Waals surface area contributed by atoms with E-state index < -0.39 is 0 Å². The molecule has 0 fully saturated rings. The standard InChI is InChI=1S/C13H16BrFN2/c1-10(2)17(7-3-6-16)13-5-4-11(9-14)8-12(13)15/h4-5,8,10H,3,7,9H2,1-2H3. The quantitative estimate of drug-likeness (QED) is 0.772. The Morgan fingerprint density at radius 2 is 2.18 bits per heavy atom.